The number of carbonyl (C=O) groups is 2. The molecule has 0 fully saturated rings. The number of nitrogens with one attached hydrogen (secondary N) is 1. The van der Waals surface area contributed by atoms with Crippen molar-refractivity contribution in [2.75, 3.05) is 24.5 Å². The summed E-state index contributed by atoms with van der Waals surface area (Å²) in [6.45, 7) is 5.60. The van der Waals surface area contributed by atoms with E-state index in [1.54, 1.807) is 62.6 Å². The number of amides is 2. The van der Waals surface area contributed by atoms with Crippen LogP contribution in [0.2, 0.25) is 5.02 Å². The molecule has 3 rings (SSSR count). The fourth-order valence-electron chi connectivity index (χ4n) is 3.86. The molecule has 0 aliphatic rings. The Morgan fingerprint density at radius 3 is 2.23 bits per heavy atom. The number of carbonyl (C=O) groups excluding carboxylic acids is 2. The van der Waals surface area contributed by atoms with E-state index in [2.05, 4.69) is 5.32 Å². The average Bonchev–Trinajstić information content (AvgIpc) is 2.93. The molecule has 0 unspecified atom stereocenters. The molecule has 2 amide bonds. The van der Waals surface area contributed by atoms with E-state index in [1.165, 1.54) is 29.2 Å². The summed E-state index contributed by atoms with van der Waals surface area (Å²) in [6.07, 6.45) is 0. The van der Waals surface area contributed by atoms with Gasteiger partial charge in [-0.05, 0) is 66.9 Å². The topological polar surface area (TPSA) is 96.0 Å². The van der Waals surface area contributed by atoms with Crippen LogP contribution in [0.15, 0.2) is 83.8 Å². The third kappa shape index (κ3) is 7.97. The number of methoxy groups -OCH3 is 1. The first-order valence-corrected chi connectivity index (χ1v) is 14.4. The molecule has 10 heteroatoms. The van der Waals surface area contributed by atoms with Crippen LogP contribution in [0.3, 0.4) is 0 Å². The second-order valence-corrected chi connectivity index (χ2v) is 11.8. The van der Waals surface area contributed by atoms with E-state index in [1.807, 2.05) is 19.9 Å². The standard InChI is InChI=1S/C29H34ClN3O5S/c1-21(2)18-31-29(35)22(3)32(19-23-9-8-12-26(17-23)38-4)28(34)20-33(25-10-6-5-7-11-25)39(36,37)27-15-13-24(30)14-16-27/h5-17,21-22H,18-20H2,1-4H3,(H,31,35)/t22-/m1/s1. The minimum atomic E-state index is -4.14. The van der Waals surface area contributed by atoms with E-state index in [-0.39, 0.29) is 23.3 Å². The van der Waals surface area contributed by atoms with Gasteiger partial charge in [0.1, 0.15) is 18.3 Å². The van der Waals surface area contributed by atoms with Crippen LogP contribution in [-0.4, -0.2) is 51.4 Å². The lowest BCUT2D eigenvalue weighted by Gasteiger charge is -2.32. The summed E-state index contributed by atoms with van der Waals surface area (Å²) in [7, 11) is -2.60. The first kappa shape index (κ1) is 30.0. The summed E-state index contributed by atoms with van der Waals surface area (Å²) in [5, 5.41) is 3.26. The highest BCUT2D eigenvalue weighted by atomic mass is 35.5. The molecule has 1 N–H and O–H groups in total. The van der Waals surface area contributed by atoms with Crippen molar-refractivity contribution in [3.63, 3.8) is 0 Å². The largest absolute Gasteiger partial charge is 0.497 e. The van der Waals surface area contributed by atoms with Gasteiger partial charge in [0.25, 0.3) is 10.0 Å². The number of anilines is 1. The fraction of sp³-hybridized carbons (Fsp3) is 0.310. The molecule has 0 aliphatic carbocycles. The van der Waals surface area contributed by atoms with Gasteiger partial charge in [0, 0.05) is 18.1 Å². The maximum atomic E-state index is 13.9. The van der Waals surface area contributed by atoms with E-state index in [0.29, 0.717) is 23.0 Å². The molecule has 0 saturated heterocycles. The molecule has 0 aliphatic heterocycles. The summed E-state index contributed by atoms with van der Waals surface area (Å²) in [5.74, 6) is -0.0343. The Bertz CT molecular complexity index is 1370. The van der Waals surface area contributed by atoms with E-state index < -0.39 is 28.5 Å². The van der Waals surface area contributed by atoms with Crippen molar-refractivity contribution in [3.8, 4) is 5.75 Å². The number of nitrogens with zero attached hydrogens (tertiary/aromatic N) is 2. The number of para-hydroxylation sites is 1. The molecular formula is C29H34ClN3O5S. The SMILES string of the molecule is COc1cccc(CN(C(=O)CN(c2ccccc2)S(=O)(=O)c2ccc(Cl)cc2)[C@H](C)C(=O)NCC(C)C)c1. The molecule has 208 valence electrons. The predicted octanol–water partition coefficient (Wildman–Crippen LogP) is 4.73. The Labute approximate surface area is 235 Å². The van der Waals surface area contributed by atoms with Crippen LogP contribution in [-0.2, 0) is 26.2 Å². The lowest BCUT2D eigenvalue weighted by molar-refractivity contribution is -0.139. The molecule has 0 heterocycles. The third-order valence-corrected chi connectivity index (χ3v) is 8.10. The molecule has 39 heavy (non-hydrogen) atoms. The van der Waals surface area contributed by atoms with Gasteiger partial charge in [-0.25, -0.2) is 8.42 Å². The Morgan fingerprint density at radius 2 is 1.62 bits per heavy atom. The molecule has 0 saturated carbocycles. The fourth-order valence-corrected chi connectivity index (χ4v) is 5.40. The van der Waals surface area contributed by atoms with Gasteiger partial charge in [-0.15, -0.1) is 0 Å². The Kier molecular flexibility index (Phi) is 10.4. The van der Waals surface area contributed by atoms with E-state index >= 15 is 0 Å². The summed E-state index contributed by atoms with van der Waals surface area (Å²) in [4.78, 5) is 28.3. The van der Waals surface area contributed by atoms with Gasteiger partial charge < -0.3 is 15.0 Å². The molecule has 3 aromatic carbocycles. The van der Waals surface area contributed by atoms with E-state index in [4.69, 9.17) is 16.3 Å². The predicted molar refractivity (Wildman–Crippen MR) is 153 cm³/mol. The molecule has 1 atom stereocenters. The number of halogens is 1. The van der Waals surface area contributed by atoms with Crippen molar-refractivity contribution in [3.05, 3.63) is 89.4 Å². The summed E-state index contributed by atoms with van der Waals surface area (Å²) < 4.78 is 33.8. The van der Waals surface area contributed by atoms with Crippen LogP contribution >= 0.6 is 11.6 Å². The zero-order chi connectivity index (χ0) is 28.6. The highest BCUT2D eigenvalue weighted by molar-refractivity contribution is 7.92. The Balaban J connectivity index is 1.99. The third-order valence-electron chi connectivity index (χ3n) is 6.06. The van der Waals surface area contributed by atoms with Crippen molar-refractivity contribution in [2.24, 2.45) is 5.92 Å². The van der Waals surface area contributed by atoms with Crippen molar-refractivity contribution in [1.29, 1.82) is 0 Å². The number of benzene rings is 3. The summed E-state index contributed by atoms with van der Waals surface area (Å²) in [5.41, 5.74) is 1.05. The molecular weight excluding hydrogens is 538 g/mol. The minimum absolute atomic E-state index is 0.00868. The van der Waals surface area contributed by atoms with Crippen molar-refractivity contribution in [2.45, 2.75) is 38.3 Å². The van der Waals surface area contributed by atoms with Gasteiger partial charge in [0.2, 0.25) is 11.8 Å². The zero-order valence-corrected chi connectivity index (χ0v) is 24.1. The van der Waals surface area contributed by atoms with Crippen LogP contribution in [0.4, 0.5) is 5.69 Å². The van der Waals surface area contributed by atoms with Crippen molar-refractivity contribution >= 4 is 39.1 Å². The number of hydrogen-bond donors (Lipinski definition) is 1. The first-order chi connectivity index (χ1) is 18.5. The van der Waals surface area contributed by atoms with Crippen LogP contribution in [0.25, 0.3) is 0 Å². The van der Waals surface area contributed by atoms with Crippen LogP contribution in [0.5, 0.6) is 5.75 Å². The normalized spacial score (nSPS) is 12.1. The first-order valence-electron chi connectivity index (χ1n) is 12.6. The van der Waals surface area contributed by atoms with Gasteiger partial charge in [0.05, 0.1) is 17.7 Å². The highest BCUT2D eigenvalue weighted by Gasteiger charge is 2.32. The lowest BCUT2D eigenvalue weighted by atomic mass is 10.1. The van der Waals surface area contributed by atoms with Crippen molar-refractivity contribution in [1.82, 2.24) is 10.2 Å². The molecule has 3 aromatic rings. The lowest BCUT2D eigenvalue weighted by Crippen LogP contribution is -2.51. The highest BCUT2D eigenvalue weighted by Crippen LogP contribution is 2.25. The second-order valence-electron chi connectivity index (χ2n) is 9.49. The van der Waals surface area contributed by atoms with Gasteiger partial charge in [-0.1, -0.05) is 55.8 Å². The number of sulfonamides is 1. The molecule has 0 spiro atoms. The number of ether oxygens (including phenoxy) is 1. The Hall–Kier alpha value is -3.56. The molecule has 0 aromatic heterocycles. The van der Waals surface area contributed by atoms with E-state index in [0.717, 1.165) is 9.87 Å². The Morgan fingerprint density at radius 1 is 0.949 bits per heavy atom. The van der Waals surface area contributed by atoms with Gasteiger partial charge in [-0.3, -0.25) is 13.9 Å². The van der Waals surface area contributed by atoms with Crippen LogP contribution < -0.4 is 14.4 Å². The number of hydrogen-bond acceptors (Lipinski definition) is 5. The maximum absolute atomic E-state index is 13.9. The van der Waals surface area contributed by atoms with Gasteiger partial charge in [-0.2, -0.15) is 0 Å². The smallest absolute Gasteiger partial charge is 0.264 e. The average molecular weight is 572 g/mol. The molecule has 0 bridgehead atoms. The quantitative estimate of drug-likeness (QED) is 0.339. The number of rotatable bonds is 12. The molecule has 0 radical (unpaired) electrons. The van der Waals surface area contributed by atoms with E-state index in [9.17, 15) is 18.0 Å². The van der Waals surface area contributed by atoms with Gasteiger partial charge in [0.15, 0.2) is 0 Å². The minimum Gasteiger partial charge on any atom is -0.497 e. The van der Waals surface area contributed by atoms with Crippen LogP contribution in [0, 0.1) is 5.92 Å². The maximum Gasteiger partial charge on any atom is 0.264 e. The van der Waals surface area contributed by atoms with Gasteiger partial charge >= 0.3 is 0 Å². The monoisotopic (exact) mass is 571 g/mol. The zero-order valence-electron chi connectivity index (χ0n) is 22.5. The molecule has 8 nitrogen and oxygen atoms in total. The van der Waals surface area contributed by atoms with Crippen LogP contribution in [0.1, 0.15) is 26.3 Å². The second kappa shape index (κ2) is 13.5. The summed E-state index contributed by atoms with van der Waals surface area (Å²) >= 11 is 5.98. The van der Waals surface area contributed by atoms with Crippen molar-refractivity contribution < 1.29 is 22.7 Å². The summed E-state index contributed by atoms with van der Waals surface area (Å²) in [6, 6.07) is 20.4.